The van der Waals surface area contributed by atoms with Gasteiger partial charge in [0, 0.05) is 16.5 Å². The van der Waals surface area contributed by atoms with Crippen molar-refractivity contribution in [2.45, 2.75) is 19.9 Å². The van der Waals surface area contributed by atoms with Crippen LogP contribution in [0.1, 0.15) is 34.6 Å². The lowest BCUT2D eigenvalue weighted by Crippen LogP contribution is -2.27. The normalized spacial score (nSPS) is 12.0. The van der Waals surface area contributed by atoms with Gasteiger partial charge >= 0.3 is 0 Å². The minimum Gasteiger partial charge on any atom is -0.497 e. The average Bonchev–Trinajstić information content (AvgIpc) is 2.60. The van der Waals surface area contributed by atoms with E-state index in [9.17, 15) is 4.79 Å². The Hall–Kier alpha value is -2.59. The molecule has 0 bridgehead atoms. The first-order valence-corrected chi connectivity index (χ1v) is 8.37. The predicted molar refractivity (Wildman–Crippen MR) is 100 cm³/mol. The minimum atomic E-state index is -0.148. The Bertz CT molecular complexity index is 923. The maximum atomic E-state index is 12.7. The Morgan fingerprint density at radius 1 is 1.16 bits per heavy atom. The summed E-state index contributed by atoms with van der Waals surface area (Å²) in [5.74, 6) is 0.595. The molecule has 0 saturated carbocycles. The third-order valence-electron chi connectivity index (χ3n) is 4.18. The molecule has 1 aromatic heterocycles. The molecular formula is C20H19ClN2O2. The third kappa shape index (κ3) is 3.74. The lowest BCUT2D eigenvalue weighted by atomic mass is 10.1. The first-order valence-electron chi connectivity index (χ1n) is 7.99. The number of hydrogen-bond acceptors (Lipinski definition) is 3. The number of methoxy groups -OCH3 is 1. The smallest absolute Gasteiger partial charge is 0.253 e. The molecule has 0 aliphatic carbocycles. The van der Waals surface area contributed by atoms with E-state index >= 15 is 0 Å². The summed E-state index contributed by atoms with van der Waals surface area (Å²) in [5.41, 5.74) is 3.05. The van der Waals surface area contributed by atoms with Crippen molar-refractivity contribution in [3.8, 4) is 5.75 Å². The van der Waals surface area contributed by atoms with Crippen LogP contribution in [0.25, 0.3) is 10.9 Å². The van der Waals surface area contributed by atoms with Gasteiger partial charge < -0.3 is 10.1 Å². The second-order valence-electron chi connectivity index (χ2n) is 5.93. The average molecular weight is 355 g/mol. The van der Waals surface area contributed by atoms with Crippen LogP contribution in [0.3, 0.4) is 0 Å². The zero-order valence-corrected chi connectivity index (χ0v) is 15.1. The van der Waals surface area contributed by atoms with Gasteiger partial charge in [-0.05, 0) is 49.7 Å². The van der Waals surface area contributed by atoms with E-state index < -0.39 is 0 Å². The Labute approximate surface area is 151 Å². The molecule has 3 aromatic rings. The molecule has 1 unspecified atom stereocenters. The molecule has 0 spiro atoms. The summed E-state index contributed by atoms with van der Waals surface area (Å²) in [6.45, 7) is 3.77. The number of benzene rings is 2. The molecule has 25 heavy (non-hydrogen) atoms. The van der Waals surface area contributed by atoms with E-state index in [2.05, 4.69) is 10.3 Å². The number of hydrogen-bond donors (Lipinski definition) is 1. The van der Waals surface area contributed by atoms with Gasteiger partial charge in [-0.3, -0.25) is 9.78 Å². The first kappa shape index (κ1) is 17.2. The van der Waals surface area contributed by atoms with Gasteiger partial charge in [-0.15, -0.1) is 0 Å². The van der Waals surface area contributed by atoms with Crippen molar-refractivity contribution in [3.63, 3.8) is 0 Å². The number of carbonyl (C=O) groups is 1. The Kier molecular flexibility index (Phi) is 4.91. The van der Waals surface area contributed by atoms with Crippen LogP contribution < -0.4 is 10.1 Å². The van der Waals surface area contributed by atoms with Crippen LogP contribution in [0.4, 0.5) is 0 Å². The van der Waals surface area contributed by atoms with Gasteiger partial charge in [-0.1, -0.05) is 23.7 Å². The van der Waals surface area contributed by atoms with Crippen molar-refractivity contribution in [1.82, 2.24) is 10.3 Å². The topological polar surface area (TPSA) is 51.2 Å². The zero-order valence-electron chi connectivity index (χ0n) is 14.3. The first-order chi connectivity index (χ1) is 12.0. The summed E-state index contributed by atoms with van der Waals surface area (Å²) >= 11 is 5.91. The van der Waals surface area contributed by atoms with Gasteiger partial charge in [-0.25, -0.2) is 0 Å². The lowest BCUT2D eigenvalue weighted by Gasteiger charge is -2.16. The predicted octanol–water partition coefficient (Wildman–Crippen LogP) is 4.70. The van der Waals surface area contributed by atoms with Crippen LogP contribution in [0.5, 0.6) is 5.75 Å². The van der Waals surface area contributed by atoms with Crippen molar-refractivity contribution in [2.24, 2.45) is 0 Å². The molecule has 1 heterocycles. The van der Waals surface area contributed by atoms with Crippen molar-refractivity contribution in [2.75, 3.05) is 7.11 Å². The molecule has 0 aliphatic rings. The van der Waals surface area contributed by atoms with Crippen molar-refractivity contribution in [3.05, 3.63) is 70.4 Å². The van der Waals surface area contributed by atoms with Gasteiger partial charge in [0.05, 0.1) is 29.9 Å². The molecule has 0 aliphatic heterocycles. The summed E-state index contributed by atoms with van der Waals surface area (Å²) in [5, 5.41) is 4.59. The van der Waals surface area contributed by atoms with Crippen LogP contribution in [-0.2, 0) is 0 Å². The van der Waals surface area contributed by atoms with Crippen LogP contribution >= 0.6 is 11.6 Å². The molecule has 1 atom stereocenters. The molecule has 4 nitrogen and oxygen atoms in total. The highest BCUT2D eigenvalue weighted by Gasteiger charge is 2.15. The van der Waals surface area contributed by atoms with Gasteiger partial charge in [-0.2, -0.15) is 0 Å². The molecule has 2 aromatic carbocycles. The number of ether oxygens (including phenoxy) is 1. The number of aryl methyl sites for hydroxylation is 1. The van der Waals surface area contributed by atoms with E-state index in [0.717, 1.165) is 22.2 Å². The number of amides is 1. The fourth-order valence-electron chi connectivity index (χ4n) is 2.71. The van der Waals surface area contributed by atoms with Gasteiger partial charge in [0.2, 0.25) is 0 Å². The summed E-state index contributed by atoms with van der Waals surface area (Å²) in [4.78, 5) is 17.2. The molecule has 0 fully saturated rings. The van der Waals surface area contributed by atoms with E-state index in [1.807, 2.05) is 62.4 Å². The SMILES string of the molecule is COc1ccc2cc(C(=O)NC(C)c3ccc(Cl)cc3)c(C)nc2c1. The highest BCUT2D eigenvalue weighted by Crippen LogP contribution is 2.22. The van der Waals surface area contributed by atoms with Crippen LogP contribution in [-0.4, -0.2) is 18.0 Å². The highest BCUT2D eigenvalue weighted by atomic mass is 35.5. The quantitative estimate of drug-likeness (QED) is 0.739. The molecular weight excluding hydrogens is 336 g/mol. The van der Waals surface area contributed by atoms with E-state index in [1.54, 1.807) is 7.11 Å². The maximum absolute atomic E-state index is 12.7. The number of nitrogens with one attached hydrogen (secondary N) is 1. The van der Waals surface area contributed by atoms with Crippen molar-refractivity contribution < 1.29 is 9.53 Å². The Morgan fingerprint density at radius 3 is 2.56 bits per heavy atom. The monoisotopic (exact) mass is 354 g/mol. The maximum Gasteiger partial charge on any atom is 0.253 e. The van der Waals surface area contributed by atoms with Gasteiger partial charge in [0.1, 0.15) is 5.75 Å². The van der Waals surface area contributed by atoms with Gasteiger partial charge in [0.25, 0.3) is 5.91 Å². The van der Waals surface area contributed by atoms with Crippen molar-refractivity contribution in [1.29, 1.82) is 0 Å². The Balaban J connectivity index is 1.86. The number of fused-ring (bicyclic) bond motifs is 1. The van der Waals surface area contributed by atoms with Crippen LogP contribution in [0.15, 0.2) is 48.5 Å². The molecule has 1 N–H and O–H groups in total. The molecule has 3 rings (SSSR count). The summed E-state index contributed by atoms with van der Waals surface area (Å²) in [6.07, 6.45) is 0. The third-order valence-corrected chi connectivity index (χ3v) is 4.43. The number of pyridine rings is 1. The molecule has 5 heteroatoms. The van der Waals surface area contributed by atoms with Crippen molar-refractivity contribution >= 4 is 28.4 Å². The number of rotatable bonds is 4. The molecule has 0 radical (unpaired) electrons. The van der Waals surface area contributed by atoms with Crippen LogP contribution in [0, 0.1) is 6.92 Å². The standard InChI is InChI=1S/C20H19ClN2O2/c1-12(14-4-7-16(21)8-5-14)23-20(24)18-10-15-6-9-17(25-3)11-19(15)22-13(18)2/h4-12H,1-3H3,(H,23,24). The highest BCUT2D eigenvalue weighted by molar-refractivity contribution is 6.30. The second-order valence-corrected chi connectivity index (χ2v) is 6.36. The number of nitrogens with zero attached hydrogens (tertiary/aromatic N) is 1. The number of carbonyl (C=O) groups excluding carboxylic acids is 1. The molecule has 0 saturated heterocycles. The second kappa shape index (κ2) is 7.11. The van der Waals surface area contributed by atoms with E-state index in [4.69, 9.17) is 16.3 Å². The Morgan fingerprint density at radius 2 is 1.88 bits per heavy atom. The summed E-state index contributed by atoms with van der Waals surface area (Å²) < 4.78 is 5.22. The lowest BCUT2D eigenvalue weighted by molar-refractivity contribution is 0.0939. The minimum absolute atomic E-state index is 0.129. The van der Waals surface area contributed by atoms with Crippen LogP contribution in [0.2, 0.25) is 5.02 Å². The van der Waals surface area contributed by atoms with E-state index in [1.165, 1.54) is 0 Å². The van der Waals surface area contributed by atoms with Gasteiger partial charge in [0.15, 0.2) is 0 Å². The zero-order chi connectivity index (χ0) is 18.0. The summed E-state index contributed by atoms with van der Waals surface area (Å²) in [6, 6.07) is 14.8. The fourth-order valence-corrected chi connectivity index (χ4v) is 2.84. The van der Waals surface area contributed by atoms with E-state index in [-0.39, 0.29) is 11.9 Å². The fraction of sp³-hybridized carbons (Fsp3) is 0.200. The largest absolute Gasteiger partial charge is 0.497 e. The number of aromatic nitrogens is 1. The molecule has 128 valence electrons. The summed E-state index contributed by atoms with van der Waals surface area (Å²) in [7, 11) is 1.62. The molecule has 1 amide bonds. The number of halogens is 1. The van der Waals surface area contributed by atoms with E-state index in [0.29, 0.717) is 16.3 Å².